The number of nitrogens with zero attached hydrogens (tertiary/aromatic N) is 1. The summed E-state index contributed by atoms with van der Waals surface area (Å²) in [6.45, 7) is 0.658. The van der Waals surface area contributed by atoms with Crippen LogP contribution < -0.4 is 5.43 Å². The fourth-order valence-electron chi connectivity index (χ4n) is 3.17. The van der Waals surface area contributed by atoms with Gasteiger partial charge in [0, 0.05) is 11.8 Å². The summed E-state index contributed by atoms with van der Waals surface area (Å²) in [5, 5.41) is 1.06. The van der Waals surface area contributed by atoms with Crippen LogP contribution in [0, 0.1) is 0 Å². The number of carbonyl (C=O) groups is 1. The molecule has 1 aromatic heterocycles. The molecule has 4 aromatic rings. The Labute approximate surface area is 152 Å². The number of rotatable bonds is 6. The van der Waals surface area contributed by atoms with Crippen molar-refractivity contribution in [2.45, 2.75) is 13.0 Å². The van der Waals surface area contributed by atoms with E-state index in [0.29, 0.717) is 18.7 Å². The first-order chi connectivity index (χ1) is 12.8. The molecule has 0 spiro atoms. The predicted molar refractivity (Wildman–Crippen MR) is 106 cm³/mol. The molecule has 3 heteroatoms. The average molecular weight is 340 g/mol. The van der Waals surface area contributed by atoms with Gasteiger partial charge in [0.2, 0.25) is 0 Å². The third-order valence-corrected chi connectivity index (χ3v) is 4.49. The largest absolute Gasteiger partial charge is 0.321 e. The Morgan fingerprint density at radius 3 is 2.12 bits per heavy atom. The number of fused-ring (bicyclic) bond motifs is 1. The second-order valence-electron chi connectivity index (χ2n) is 6.33. The molecular formula is C23H20N2O. The van der Waals surface area contributed by atoms with Crippen molar-refractivity contribution >= 4 is 16.7 Å². The monoisotopic (exact) mass is 340 g/mol. The molecule has 0 radical (unpaired) electrons. The van der Waals surface area contributed by atoms with E-state index in [2.05, 4.69) is 17.6 Å². The van der Waals surface area contributed by atoms with E-state index in [1.54, 1.807) is 0 Å². The van der Waals surface area contributed by atoms with Gasteiger partial charge in [-0.3, -0.25) is 9.47 Å². The van der Waals surface area contributed by atoms with Gasteiger partial charge in [0.25, 0.3) is 0 Å². The summed E-state index contributed by atoms with van der Waals surface area (Å²) in [5.74, 6) is 0.105. The van der Waals surface area contributed by atoms with Crippen LogP contribution in [-0.4, -0.2) is 10.5 Å². The van der Waals surface area contributed by atoms with Crippen LogP contribution in [0.3, 0.4) is 0 Å². The molecule has 0 aliphatic carbocycles. The molecule has 0 fully saturated rings. The molecule has 1 N–H and O–H groups in total. The molecule has 4 rings (SSSR count). The molecule has 0 saturated heterocycles. The molecule has 0 aliphatic heterocycles. The zero-order valence-corrected chi connectivity index (χ0v) is 14.4. The second-order valence-corrected chi connectivity index (χ2v) is 6.33. The van der Waals surface area contributed by atoms with Crippen LogP contribution in [0.2, 0.25) is 0 Å². The molecule has 128 valence electrons. The molecule has 0 amide bonds. The Morgan fingerprint density at radius 1 is 0.769 bits per heavy atom. The highest BCUT2D eigenvalue weighted by Crippen LogP contribution is 2.20. The molecule has 0 aliphatic rings. The smallest absolute Gasteiger partial charge is 0.185 e. The topological polar surface area (TPSA) is 34.0 Å². The first-order valence-electron chi connectivity index (χ1n) is 8.77. The van der Waals surface area contributed by atoms with E-state index >= 15 is 0 Å². The molecule has 3 aromatic carbocycles. The van der Waals surface area contributed by atoms with Crippen LogP contribution in [0.5, 0.6) is 0 Å². The minimum atomic E-state index is 0.105. The van der Waals surface area contributed by atoms with Crippen molar-refractivity contribution in [1.82, 2.24) is 4.68 Å². The first-order valence-corrected chi connectivity index (χ1v) is 8.77. The number of para-hydroxylation sites is 1. The van der Waals surface area contributed by atoms with Crippen molar-refractivity contribution in [3.63, 3.8) is 0 Å². The zero-order chi connectivity index (χ0) is 17.8. The van der Waals surface area contributed by atoms with E-state index in [4.69, 9.17) is 0 Å². The normalized spacial score (nSPS) is 10.8. The highest BCUT2D eigenvalue weighted by Gasteiger charge is 2.16. The number of benzene rings is 3. The number of nitrogens with one attached hydrogen (secondary N) is 1. The summed E-state index contributed by atoms with van der Waals surface area (Å²) in [7, 11) is 0. The standard InChI is InChI=1S/C23H20N2O/c26-23(15-18-9-3-1-4-10-18)22-16-20-13-7-8-14-21(20)25(22)24-17-19-11-5-2-6-12-19/h1-14,16,24H,15,17H2. The van der Waals surface area contributed by atoms with Crippen LogP contribution in [0.4, 0.5) is 0 Å². The van der Waals surface area contributed by atoms with Gasteiger partial charge >= 0.3 is 0 Å². The lowest BCUT2D eigenvalue weighted by Gasteiger charge is -2.13. The van der Waals surface area contributed by atoms with E-state index in [0.717, 1.165) is 16.5 Å². The summed E-state index contributed by atoms with van der Waals surface area (Å²) in [6, 6.07) is 30.1. The van der Waals surface area contributed by atoms with Crippen LogP contribution in [0.1, 0.15) is 21.6 Å². The summed E-state index contributed by atoms with van der Waals surface area (Å²) in [5.41, 5.74) is 7.31. The molecule has 0 atom stereocenters. The highest BCUT2D eigenvalue weighted by atomic mass is 16.1. The lowest BCUT2D eigenvalue weighted by molar-refractivity contribution is 0.0985. The van der Waals surface area contributed by atoms with Crippen LogP contribution in [-0.2, 0) is 13.0 Å². The number of Topliss-reactive ketones (excluding diaryl/α,β-unsaturated/α-hetero) is 1. The van der Waals surface area contributed by atoms with Crippen LogP contribution in [0.25, 0.3) is 10.9 Å². The third-order valence-electron chi connectivity index (χ3n) is 4.49. The number of hydrogen-bond donors (Lipinski definition) is 1. The summed E-state index contributed by atoms with van der Waals surface area (Å²) in [4.78, 5) is 13.0. The van der Waals surface area contributed by atoms with Gasteiger partial charge < -0.3 is 5.43 Å². The van der Waals surface area contributed by atoms with E-state index < -0.39 is 0 Å². The molecule has 3 nitrogen and oxygen atoms in total. The van der Waals surface area contributed by atoms with E-state index in [1.807, 2.05) is 83.5 Å². The highest BCUT2D eigenvalue weighted by molar-refractivity contribution is 6.01. The van der Waals surface area contributed by atoms with E-state index in [1.165, 1.54) is 5.56 Å². The maximum absolute atomic E-state index is 13.0. The lowest BCUT2D eigenvalue weighted by Crippen LogP contribution is -2.20. The predicted octanol–water partition coefficient (Wildman–Crippen LogP) is 4.81. The Balaban J connectivity index is 1.66. The number of aromatic nitrogens is 1. The van der Waals surface area contributed by atoms with Crippen molar-refractivity contribution in [3.8, 4) is 0 Å². The quantitative estimate of drug-likeness (QED) is 0.511. The number of ketones is 1. The summed E-state index contributed by atoms with van der Waals surface area (Å²) >= 11 is 0. The van der Waals surface area contributed by atoms with Crippen molar-refractivity contribution in [1.29, 1.82) is 0 Å². The van der Waals surface area contributed by atoms with E-state index in [9.17, 15) is 4.79 Å². The van der Waals surface area contributed by atoms with Gasteiger partial charge in [-0.1, -0.05) is 78.9 Å². The maximum Gasteiger partial charge on any atom is 0.185 e. The molecular weight excluding hydrogens is 320 g/mol. The van der Waals surface area contributed by atoms with E-state index in [-0.39, 0.29) is 5.78 Å². The van der Waals surface area contributed by atoms with Gasteiger partial charge in [0.1, 0.15) is 5.69 Å². The zero-order valence-electron chi connectivity index (χ0n) is 14.4. The molecule has 1 heterocycles. The van der Waals surface area contributed by atoms with Crippen molar-refractivity contribution in [3.05, 3.63) is 108 Å². The van der Waals surface area contributed by atoms with Gasteiger partial charge in [-0.25, -0.2) is 0 Å². The summed E-state index contributed by atoms with van der Waals surface area (Å²) < 4.78 is 1.92. The summed E-state index contributed by atoms with van der Waals surface area (Å²) in [6.07, 6.45) is 0.393. The van der Waals surface area contributed by atoms with Gasteiger partial charge in [-0.05, 0) is 23.3 Å². The van der Waals surface area contributed by atoms with Gasteiger partial charge in [-0.15, -0.1) is 0 Å². The molecule has 0 saturated carbocycles. The lowest BCUT2D eigenvalue weighted by atomic mass is 10.1. The minimum Gasteiger partial charge on any atom is -0.321 e. The third kappa shape index (κ3) is 3.38. The fourth-order valence-corrected chi connectivity index (χ4v) is 3.17. The van der Waals surface area contributed by atoms with Crippen LogP contribution >= 0.6 is 0 Å². The second kappa shape index (κ2) is 7.28. The molecule has 0 unspecified atom stereocenters. The Hall–Kier alpha value is -3.33. The first kappa shape index (κ1) is 16.2. The van der Waals surface area contributed by atoms with Gasteiger partial charge in [-0.2, -0.15) is 0 Å². The number of carbonyl (C=O) groups excluding carboxylic acids is 1. The SMILES string of the molecule is O=C(Cc1ccccc1)c1cc2ccccc2n1NCc1ccccc1. The Bertz CT molecular complexity index is 1020. The van der Waals surface area contributed by atoms with Crippen molar-refractivity contribution in [2.24, 2.45) is 0 Å². The maximum atomic E-state index is 13.0. The minimum absolute atomic E-state index is 0.105. The number of hydrogen-bond acceptors (Lipinski definition) is 2. The average Bonchev–Trinajstić information content (AvgIpc) is 3.07. The fraction of sp³-hybridized carbons (Fsp3) is 0.0870. The Morgan fingerprint density at radius 2 is 1.38 bits per heavy atom. The van der Waals surface area contributed by atoms with Gasteiger partial charge in [0.05, 0.1) is 12.1 Å². The van der Waals surface area contributed by atoms with Crippen molar-refractivity contribution < 1.29 is 4.79 Å². The Kier molecular flexibility index (Phi) is 4.52. The molecule has 26 heavy (non-hydrogen) atoms. The van der Waals surface area contributed by atoms with Crippen LogP contribution in [0.15, 0.2) is 91.0 Å². The van der Waals surface area contributed by atoms with Gasteiger partial charge in [0.15, 0.2) is 5.78 Å². The van der Waals surface area contributed by atoms with Crippen molar-refractivity contribution in [2.75, 3.05) is 5.43 Å². The molecule has 0 bridgehead atoms.